The van der Waals surface area contributed by atoms with Gasteiger partial charge in [-0.05, 0) is 5.04 Å². The minimum absolute atomic E-state index is 0.0487. The van der Waals surface area contributed by atoms with Crippen molar-refractivity contribution in [3.63, 3.8) is 0 Å². The summed E-state index contributed by atoms with van der Waals surface area (Å²) in [4.78, 5) is 0.146. The Kier molecular flexibility index (Phi) is 4.03. The molecule has 1 aromatic heterocycles. The van der Waals surface area contributed by atoms with Gasteiger partial charge < -0.3 is 4.74 Å². The van der Waals surface area contributed by atoms with Gasteiger partial charge in [0.25, 0.3) is 0 Å². The van der Waals surface area contributed by atoms with Gasteiger partial charge >= 0.3 is 0 Å². The molecule has 0 atom stereocenters. The fraction of sp³-hybridized carbons (Fsp3) is 0.786. The Morgan fingerprint density at radius 1 is 1.36 bits per heavy atom. The van der Waals surface area contributed by atoms with Gasteiger partial charge in [0.2, 0.25) is 15.9 Å². The molecule has 8 heteroatoms. The summed E-state index contributed by atoms with van der Waals surface area (Å²) in [6, 6.07) is 0. The SMILES string of the molecule is CC1(C)COc2c(S(=O)(=O)N[Si](C)(C)C(C)(C)C)cnn2C1. The first-order valence-electron chi connectivity index (χ1n) is 7.48. The molecule has 2 rings (SSSR count). The quantitative estimate of drug-likeness (QED) is 0.855. The van der Waals surface area contributed by atoms with E-state index in [1.807, 2.05) is 13.1 Å². The molecule has 22 heavy (non-hydrogen) atoms. The van der Waals surface area contributed by atoms with Crippen LogP contribution in [0, 0.1) is 5.41 Å². The van der Waals surface area contributed by atoms with Crippen LogP contribution >= 0.6 is 0 Å². The first-order chi connectivity index (χ1) is 9.75. The molecule has 0 aliphatic carbocycles. The molecule has 1 aliphatic rings. The lowest BCUT2D eigenvalue weighted by Crippen LogP contribution is -2.54. The summed E-state index contributed by atoms with van der Waals surface area (Å²) in [5, 5.41) is 4.11. The fourth-order valence-corrected chi connectivity index (χ4v) is 6.99. The molecule has 0 saturated carbocycles. The highest BCUT2D eigenvalue weighted by Crippen LogP contribution is 2.37. The fourth-order valence-electron chi connectivity index (χ4n) is 2.06. The van der Waals surface area contributed by atoms with Gasteiger partial charge in [0.15, 0.2) is 4.90 Å². The smallest absolute Gasteiger partial charge is 0.241 e. The summed E-state index contributed by atoms with van der Waals surface area (Å²) in [6.45, 7) is 15.5. The van der Waals surface area contributed by atoms with Crippen LogP contribution in [0.25, 0.3) is 0 Å². The molecule has 0 amide bonds. The Hall–Kier alpha value is -0.863. The Labute approximate surface area is 134 Å². The molecule has 1 aliphatic heterocycles. The number of nitrogens with zero attached hydrogens (tertiary/aromatic N) is 2. The van der Waals surface area contributed by atoms with Gasteiger partial charge in [-0.15, -0.1) is 0 Å². The van der Waals surface area contributed by atoms with Gasteiger partial charge in [-0.25, -0.2) is 17.5 Å². The maximum absolute atomic E-state index is 12.8. The van der Waals surface area contributed by atoms with Crippen LogP contribution in [0.4, 0.5) is 0 Å². The first kappa shape index (κ1) is 17.5. The van der Waals surface area contributed by atoms with Gasteiger partial charge in [0.1, 0.15) is 8.24 Å². The highest BCUT2D eigenvalue weighted by atomic mass is 32.2. The van der Waals surface area contributed by atoms with Crippen LogP contribution in [-0.4, -0.2) is 33.0 Å². The van der Waals surface area contributed by atoms with Crippen molar-refractivity contribution in [1.82, 2.24) is 14.2 Å². The van der Waals surface area contributed by atoms with E-state index in [1.54, 1.807) is 4.68 Å². The van der Waals surface area contributed by atoms with Crippen LogP contribution in [0.15, 0.2) is 11.1 Å². The van der Waals surface area contributed by atoms with Gasteiger partial charge in [0.05, 0.1) is 19.3 Å². The summed E-state index contributed by atoms with van der Waals surface area (Å²) in [6.07, 6.45) is 1.40. The van der Waals surface area contributed by atoms with Crippen molar-refractivity contribution in [2.24, 2.45) is 5.41 Å². The van der Waals surface area contributed by atoms with E-state index in [-0.39, 0.29) is 15.3 Å². The van der Waals surface area contributed by atoms with Crippen molar-refractivity contribution in [2.45, 2.75) is 64.2 Å². The Bertz CT molecular complexity index is 672. The number of ether oxygens (including phenoxy) is 1. The molecule has 6 nitrogen and oxygen atoms in total. The summed E-state index contributed by atoms with van der Waals surface area (Å²) in [7, 11) is -5.83. The molecule has 0 radical (unpaired) electrons. The van der Waals surface area contributed by atoms with Crippen LogP contribution in [0.2, 0.25) is 18.1 Å². The first-order valence-corrected chi connectivity index (χ1v) is 12.0. The number of fused-ring (bicyclic) bond motifs is 1. The largest absolute Gasteiger partial charge is 0.476 e. The van der Waals surface area contributed by atoms with Gasteiger partial charge in [-0.3, -0.25) is 0 Å². The Morgan fingerprint density at radius 2 is 1.95 bits per heavy atom. The van der Waals surface area contributed by atoms with Crippen molar-refractivity contribution in [2.75, 3.05) is 6.61 Å². The van der Waals surface area contributed by atoms with E-state index in [0.717, 1.165) is 0 Å². The predicted octanol–water partition coefficient (Wildman–Crippen LogP) is 2.59. The lowest BCUT2D eigenvalue weighted by atomic mass is 9.94. The van der Waals surface area contributed by atoms with Crippen molar-refractivity contribution in [3.05, 3.63) is 6.20 Å². The van der Waals surface area contributed by atoms with Crippen LogP contribution in [-0.2, 0) is 16.6 Å². The monoisotopic (exact) mass is 345 g/mol. The number of sulfonamides is 1. The maximum Gasteiger partial charge on any atom is 0.241 e. The van der Waals surface area contributed by atoms with Crippen molar-refractivity contribution < 1.29 is 13.2 Å². The summed E-state index contributed by atoms with van der Waals surface area (Å²) >= 11 is 0. The lowest BCUT2D eigenvalue weighted by Gasteiger charge is -2.36. The van der Waals surface area contributed by atoms with E-state index in [1.165, 1.54) is 6.20 Å². The van der Waals surface area contributed by atoms with E-state index in [0.29, 0.717) is 19.0 Å². The Morgan fingerprint density at radius 3 is 2.50 bits per heavy atom. The molecule has 0 spiro atoms. The third-order valence-electron chi connectivity index (χ3n) is 4.49. The van der Waals surface area contributed by atoms with Crippen molar-refractivity contribution in [1.29, 1.82) is 0 Å². The molecule has 0 unspecified atom stereocenters. The van der Waals surface area contributed by atoms with E-state index in [2.05, 4.69) is 44.1 Å². The lowest BCUT2D eigenvalue weighted by molar-refractivity contribution is 0.0971. The van der Waals surface area contributed by atoms with Crippen molar-refractivity contribution in [3.8, 4) is 5.88 Å². The summed E-state index contributed by atoms with van der Waals surface area (Å²) < 4.78 is 35.8. The second-order valence-corrected chi connectivity index (χ2v) is 15.4. The van der Waals surface area contributed by atoms with E-state index < -0.39 is 18.3 Å². The van der Waals surface area contributed by atoms with Gasteiger partial charge in [-0.1, -0.05) is 47.7 Å². The molecule has 126 valence electrons. The van der Waals surface area contributed by atoms with Crippen LogP contribution in [0.5, 0.6) is 5.88 Å². The number of nitrogens with one attached hydrogen (secondary N) is 1. The zero-order valence-corrected chi connectivity index (χ0v) is 16.3. The minimum atomic E-state index is -3.63. The third kappa shape index (κ3) is 3.23. The zero-order valence-electron chi connectivity index (χ0n) is 14.5. The minimum Gasteiger partial charge on any atom is -0.476 e. The van der Waals surface area contributed by atoms with Crippen LogP contribution in [0.3, 0.4) is 0 Å². The van der Waals surface area contributed by atoms with E-state index in [9.17, 15) is 8.42 Å². The second kappa shape index (κ2) is 5.07. The molecule has 1 aromatic rings. The number of aromatic nitrogens is 2. The standard InChI is InChI=1S/C14H27N3O3SSi/c1-13(2,3)22(6,7)16-21(18,19)11-8-15-17-9-14(4,5)10-20-12(11)17/h8,16H,9-10H2,1-7H3. The van der Waals surface area contributed by atoms with E-state index >= 15 is 0 Å². The molecular formula is C14H27N3O3SSi. The second-order valence-electron chi connectivity index (χ2n) is 8.41. The van der Waals surface area contributed by atoms with Crippen LogP contribution < -0.4 is 9.12 Å². The summed E-state index contributed by atoms with van der Waals surface area (Å²) in [5.74, 6) is 0.352. The molecule has 0 saturated heterocycles. The number of rotatable bonds is 3. The van der Waals surface area contributed by atoms with E-state index in [4.69, 9.17) is 4.74 Å². The molecule has 1 N–H and O–H groups in total. The molecule has 2 heterocycles. The Balaban J connectivity index is 2.35. The predicted molar refractivity (Wildman–Crippen MR) is 89.0 cm³/mol. The molecule has 0 bridgehead atoms. The summed E-state index contributed by atoms with van der Waals surface area (Å²) in [5.41, 5.74) is -0.0487. The average Bonchev–Trinajstić information content (AvgIpc) is 2.67. The number of hydrogen-bond donors (Lipinski definition) is 1. The average molecular weight is 346 g/mol. The number of hydrogen-bond acceptors (Lipinski definition) is 4. The van der Waals surface area contributed by atoms with Crippen molar-refractivity contribution >= 4 is 18.3 Å². The molecule has 0 aromatic carbocycles. The highest BCUT2D eigenvalue weighted by molar-refractivity contribution is 7.91. The highest BCUT2D eigenvalue weighted by Gasteiger charge is 2.41. The zero-order chi connectivity index (χ0) is 17.0. The normalized spacial score (nSPS) is 18.7. The van der Waals surface area contributed by atoms with Gasteiger partial charge in [0, 0.05) is 5.41 Å². The van der Waals surface area contributed by atoms with Gasteiger partial charge in [-0.2, -0.15) is 5.10 Å². The topological polar surface area (TPSA) is 73.2 Å². The third-order valence-corrected chi connectivity index (χ3v) is 12.2. The van der Waals surface area contributed by atoms with Crippen LogP contribution in [0.1, 0.15) is 34.6 Å². The maximum atomic E-state index is 12.8. The molecular weight excluding hydrogens is 318 g/mol. The molecule has 0 fully saturated rings.